The summed E-state index contributed by atoms with van der Waals surface area (Å²) in [7, 11) is 3.62. The van der Waals surface area contributed by atoms with Crippen LogP contribution in [-0.4, -0.2) is 142 Å². The van der Waals surface area contributed by atoms with Crippen LogP contribution in [-0.2, 0) is 42.9 Å². The smallest absolute Gasteiger partial charge is 0.351 e. The van der Waals surface area contributed by atoms with Gasteiger partial charge in [0.1, 0.15) is 36.3 Å². The fourth-order valence-corrected chi connectivity index (χ4v) is 10.5. The third-order valence-electron chi connectivity index (χ3n) is 13.4. The third kappa shape index (κ3) is 8.64. The molecule has 4 aliphatic rings. The highest BCUT2D eigenvalue weighted by atomic mass is 19.1. The van der Waals surface area contributed by atoms with E-state index in [1.54, 1.807) is 65.1 Å². The van der Waals surface area contributed by atoms with E-state index in [1.807, 2.05) is 36.9 Å². The molecule has 0 aromatic carbocycles. The van der Waals surface area contributed by atoms with E-state index in [2.05, 4.69) is 28.6 Å². The lowest BCUT2D eigenvalue weighted by Gasteiger charge is -2.48. The molecule has 4 aliphatic heterocycles. The molecule has 2 aromatic rings. The van der Waals surface area contributed by atoms with Crippen molar-refractivity contribution in [1.82, 2.24) is 19.9 Å². The molecule has 16 heteroatoms. The van der Waals surface area contributed by atoms with Gasteiger partial charge in [-0.15, -0.1) is 6.58 Å². The Balaban J connectivity index is 1.46. The molecule has 0 aliphatic carbocycles. The molecule has 4 fully saturated rings. The van der Waals surface area contributed by atoms with Gasteiger partial charge in [-0.1, -0.05) is 50.9 Å². The molecule has 2 aromatic heterocycles. The van der Waals surface area contributed by atoms with Crippen molar-refractivity contribution in [2.24, 2.45) is 23.2 Å². The van der Waals surface area contributed by atoms with E-state index in [9.17, 15) is 19.5 Å². The first-order valence-corrected chi connectivity index (χ1v) is 21.4. The van der Waals surface area contributed by atoms with Crippen LogP contribution in [0.1, 0.15) is 80.3 Å². The molecule has 6 rings (SSSR count). The summed E-state index contributed by atoms with van der Waals surface area (Å²) in [5.74, 6) is -0.433. The van der Waals surface area contributed by atoms with Crippen molar-refractivity contribution in [3.8, 4) is 23.3 Å². The average Bonchev–Trinajstić information content (AvgIpc) is 3.91. The summed E-state index contributed by atoms with van der Waals surface area (Å²) < 4.78 is 54.1. The summed E-state index contributed by atoms with van der Waals surface area (Å²) in [4.78, 5) is 65.7. The molecule has 338 valence electrons. The number of rotatable bonds is 9. The van der Waals surface area contributed by atoms with Gasteiger partial charge < -0.3 is 38.2 Å². The molecule has 14 atom stereocenters. The van der Waals surface area contributed by atoms with Crippen LogP contribution in [0.2, 0.25) is 0 Å². The fraction of sp³-hybridized carbons (Fsp3) is 0.652. The van der Waals surface area contributed by atoms with Crippen molar-refractivity contribution in [2.45, 2.75) is 134 Å². The number of Topliss-reactive ketones (excluding diaryl/α,β-unsaturated/α-hetero) is 2. The quantitative estimate of drug-likeness (QED) is 0.163. The number of carbonyl (C=O) groups excluding carboxylic acids is 4. The highest BCUT2D eigenvalue weighted by Crippen LogP contribution is 2.56. The Morgan fingerprint density at radius 3 is 2.48 bits per heavy atom. The van der Waals surface area contributed by atoms with E-state index in [-0.39, 0.29) is 44.0 Å². The van der Waals surface area contributed by atoms with Gasteiger partial charge in [0.15, 0.2) is 29.1 Å². The Morgan fingerprint density at radius 1 is 1.11 bits per heavy atom. The van der Waals surface area contributed by atoms with E-state index in [0.717, 1.165) is 6.92 Å². The van der Waals surface area contributed by atoms with Crippen LogP contribution in [0.4, 0.5) is 4.39 Å². The first-order chi connectivity index (χ1) is 29.1. The predicted molar refractivity (Wildman–Crippen MR) is 223 cm³/mol. The van der Waals surface area contributed by atoms with E-state index in [0.29, 0.717) is 17.9 Å². The number of aromatic nitrogens is 2. The van der Waals surface area contributed by atoms with Gasteiger partial charge in [-0.05, 0) is 79.1 Å². The summed E-state index contributed by atoms with van der Waals surface area (Å²) in [5, 5.41) is 15.7. The normalized spacial score (nSPS) is 39.4. The number of nitrogens with zero attached hydrogens (tertiary/aromatic N) is 4. The molecule has 0 bridgehead atoms. The first-order valence-electron chi connectivity index (χ1n) is 21.4. The van der Waals surface area contributed by atoms with Crippen LogP contribution in [0.3, 0.4) is 0 Å². The van der Waals surface area contributed by atoms with Gasteiger partial charge in [0.05, 0.1) is 17.8 Å². The van der Waals surface area contributed by atoms with Crippen molar-refractivity contribution < 1.29 is 56.9 Å². The van der Waals surface area contributed by atoms with E-state index >= 15 is 9.18 Å². The van der Waals surface area contributed by atoms with Crippen molar-refractivity contribution in [3.63, 3.8) is 0 Å². The van der Waals surface area contributed by atoms with Crippen molar-refractivity contribution in [2.75, 3.05) is 33.8 Å². The number of halogens is 1. The summed E-state index contributed by atoms with van der Waals surface area (Å²) in [6.45, 7) is 16.5. The van der Waals surface area contributed by atoms with Crippen molar-refractivity contribution in [1.29, 1.82) is 0 Å². The Morgan fingerprint density at radius 2 is 1.84 bits per heavy atom. The van der Waals surface area contributed by atoms with Crippen LogP contribution >= 0.6 is 0 Å². The monoisotopic (exact) mass is 864 g/mol. The Kier molecular flexibility index (Phi) is 13.7. The number of aliphatic hydroxyl groups excluding tert-OH is 1. The van der Waals surface area contributed by atoms with Crippen LogP contribution in [0.5, 0.6) is 0 Å². The molecule has 62 heavy (non-hydrogen) atoms. The molecular formula is C46H61FN4O11. The molecule has 0 radical (unpaired) electrons. The van der Waals surface area contributed by atoms with Gasteiger partial charge in [0, 0.05) is 54.6 Å². The number of ether oxygens (including phenoxy) is 5. The van der Waals surface area contributed by atoms with Gasteiger partial charge in [-0.2, -0.15) is 0 Å². The number of alkyl halides is 1. The second-order valence-corrected chi connectivity index (χ2v) is 18.4. The minimum absolute atomic E-state index is 0.0828. The number of carbonyl (C=O) groups is 4. The van der Waals surface area contributed by atoms with Crippen molar-refractivity contribution in [3.05, 3.63) is 48.8 Å². The Labute approximate surface area is 363 Å². The SMILES string of the molecule is C=CCN1CC2(C)C(=O)[C@H](C)C[C@](C)(OCC#Cc3cc(-c4ccccn4)on3)[C@H](O[C@@H]3O[C@H](C)C[C@H](N(C)C)[C@H]3O)[C@@H](C)C(=O)[C@](C)(F)C(=O)O[C@@H](CC)[C@@]3(C)OC(=O)C1C23. The number of pyridine rings is 1. The third-order valence-corrected chi connectivity index (χ3v) is 13.4. The summed E-state index contributed by atoms with van der Waals surface area (Å²) in [6, 6.07) is 5.65. The standard InChI is InChI=1S/C46H61FN4O11/c1-12-20-51-25-43(6)36-34(51)40(55)61-46(36,9)33(13-2)59-42(56)45(8,47)38(54)28(5)39(60-41-35(52)31(50(10)11)22-27(4)58-41)44(7,24-26(3)37(43)53)57-21-16-17-29-23-32(62-49-29)30-18-14-15-19-48-30/h12,14-15,18-19,23,26-28,31,33-36,39,41,52H,1,13,20-22,24-25H2,2-11H3/t26-,27-,28+,31+,33+,34?,35-,36?,39-,41+,43?,44+,45+,46-/m1/s1. The molecule has 6 heterocycles. The molecule has 0 amide bonds. The van der Waals surface area contributed by atoms with Crippen LogP contribution in [0.15, 0.2) is 47.6 Å². The lowest BCUT2D eigenvalue weighted by molar-refractivity contribution is -0.296. The van der Waals surface area contributed by atoms with Gasteiger partial charge in [0.25, 0.3) is 5.67 Å². The zero-order valence-electron chi connectivity index (χ0n) is 37.4. The second-order valence-electron chi connectivity index (χ2n) is 18.4. The number of likely N-dealkylation sites (N-methyl/N-ethyl adjacent to an activating group) is 1. The highest BCUT2D eigenvalue weighted by molar-refractivity contribution is 6.08. The zero-order valence-corrected chi connectivity index (χ0v) is 37.4. The summed E-state index contributed by atoms with van der Waals surface area (Å²) in [5.41, 5.74) is -6.90. The van der Waals surface area contributed by atoms with E-state index in [1.165, 1.54) is 6.92 Å². The van der Waals surface area contributed by atoms with E-state index in [4.69, 9.17) is 28.2 Å². The van der Waals surface area contributed by atoms with Gasteiger partial charge in [-0.25, -0.2) is 9.18 Å². The minimum Gasteiger partial charge on any atom is -0.455 e. The number of esters is 2. The molecule has 0 saturated carbocycles. The van der Waals surface area contributed by atoms with Gasteiger partial charge >= 0.3 is 11.9 Å². The van der Waals surface area contributed by atoms with Crippen LogP contribution in [0.25, 0.3) is 11.5 Å². The molecule has 1 N–H and O–H groups in total. The maximum absolute atomic E-state index is 17.2. The second kappa shape index (κ2) is 18.0. The summed E-state index contributed by atoms with van der Waals surface area (Å²) >= 11 is 0. The maximum Gasteiger partial charge on any atom is 0.351 e. The van der Waals surface area contributed by atoms with Gasteiger partial charge in [0.2, 0.25) is 0 Å². The summed E-state index contributed by atoms with van der Waals surface area (Å²) in [6.07, 6.45) is -1.93. The zero-order chi connectivity index (χ0) is 45.5. The molecular weight excluding hydrogens is 804 g/mol. The highest BCUT2D eigenvalue weighted by Gasteiger charge is 2.71. The molecule has 0 spiro atoms. The lowest BCUT2D eigenvalue weighted by Crippen LogP contribution is -2.61. The molecule has 15 nitrogen and oxygen atoms in total. The average molecular weight is 865 g/mol. The number of hydrogen-bond donors (Lipinski definition) is 1. The number of cyclic esters (lactones) is 1. The van der Waals surface area contributed by atoms with Crippen LogP contribution < -0.4 is 0 Å². The largest absolute Gasteiger partial charge is 0.455 e. The van der Waals surface area contributed by atoms with Crippen molar-refractivity contribution >= 4 is 23.5 Å². The topological polar surface area (TPSA) is 180 Å². The lowest BCUT2D eigenvalue weighted by atomic mass is 9.62. The number of aliphatic hydroxyl groups is 1. The predicted octanol–water partition coefficient (Wildman–Crippen LogP) is 4.35. The van der Waals surface area contributed by atoms with Crippen LogP contribution in [0, 0.1) is 35.0 Å². The maximum atomic E-state index is 17.2. The molecule has 3 unspecified atom stereocenters. The number of ketones is 2. The number of likely N-dealkylation sites (tertiary alicyclic amines) is 1. The number of hydrogen-bond acceptors (Lipinski definition) is 15. The Hall–Kier alpha value is -4.37. The minimum atomic E-state index is -3.24. The van der Waals surface area contributed by atoms with Gasteiger partial charge in [-0.3, -0.25) is 24.3 Å². The molecule has 4 saturated heterocycles. The van der Waals surface area contributed by atoms with E-state index < -0.39 is 101 Å². The first kappa shape index (κ1) is 47.1. The Bertz CT molecular complexity index is 2070. The fourth-order valence-electron chi connectivity index (χ4n) is 10.5.